The Labute approximate surface area is 147 Å². The van der Waals surface area contributed by atoms with E-state index in [1.807, 2.05) is 36.9 Å². The minimum Gasteiger partial charge on any atom is -0.464 e. The quantitative estimate of drug-likeness (QED) is 0.707. The third-order valence-corrected chi connectivity index (χ3v) is 5.24. The van der Waals surface area contributed by atoms with Crippen LogP contribution < -0.4 is 0 Å². The van der Waals surface area contributed by atoms with Crippen LogP contribution in [0.3, 0.4) is 0 Å². The molecule has 3 heterocycles. The van der Waals surface area contributed by atoms with Crippen molar-refractivity contribution in [1.29, 1.82) is 0 Å². The fraction of sp³-hybridized carbons (Fsp3) is 0.286. The van der Waals surface area contributed by atoms with Gasteiger partial charge in [-0.25, -0.2) is 0 Å². The Hall–Kier alpha value is -2.75. The van der Waals surface area contributed by atoms with Crippen LogP contribution in [0.2, 0.25) is 0 Å². The molecule has 0 N–H and O–H groups in total. The summed E-state index contributed by atoms with van der Waals surface area (Å²) >= 11 is 0. The second kappa shape index (κ2) is 5.66. The van der Waals surface area contributed by atoms with E-state index < -0.39 is 0 Å². The fourth-order valence-corrected chi connectivity index (χ4v) is 3.83. The maximum absolute atomic E-state index is 12.9. The van der Waals surface area contributed by atoms with Gasteiger partial charge in [-0.15, -0.1) is 0 Å². The van der Waals surface area contributed by atoms with E-state index in [2.05, 4.69) is 42.9 Å². The number of furan rings is 1. The normalized spacial score (nSPS) is 18.0. The molecule has 0 spiro atoms. The zero-order valence-electron chi connectivity index (χ0n) is 15.0. The molecular formula is C21H22N2O2. The number of carbonyl (C=O) groups excluding carboxylic acids is 1. The summed E-state index contributed by atoms with van der Waals surface area (Å²) in [6.07, 6.45) is 2.14. The number of hydrogen-bond donors (Lipinski definition) is 0. The fourth-order valence-electron chi connectivity index (χ4n) is 3.83. The average molecular weight is 334 g/mol. The summed E-state index contributed by atoms with van der Waals surface area (Å²) < 4.78 is 7.85. The number of para-hydroxylation sites is 1. The van der Waals surface area contributed by atoms with E-state index >= 15 is 0 Å². The Morgan fingerprint density at radius 3 is 2.56 bits per heavy atom. The Kier molecular flexibility index (Phi) is 3.57. The molecule has 25 heavy (non-hydrogen) atoms. The molecule has 128 valence electrons. The first-order chi connectivity index (χ1) is 12.0. The Balaban J connectivity index is 1.82. The molecule has 1 aromatic carbocycles. The van der Waals surface area contributed by atoms with Crippen molar-refractivity contribution >= 4 is 16.8 Å². The van der Waals surface area contributed by atoms with Crippen LogP contribution >= 0.6 is 0 Å². The lowest BCUT2D eigenvalue weighted by Gasteiger charge is -2.25. The highest BCUT2D eigenvalue weighted by Gasteiger charge is 2.37. The van der Waals surface area contributed by atoms with Gasteiger partial charge in [0.15, 0.2) is 0 Å². The lowest BCUT2D eigenvalue weighted by Crippen LogP contribution is -2.29. The third-order valence-electron chi connectivity index (χ3n) is 5.24. The maximum atomic E-state index is 12.9. The van der Waals surface area contributed by atoms with E-state index in [1.165, 1.54) is 16.5 Å². The van der Waals surface area contributed by atoms with E-state index in [4.69, 9.17) is 4.42 Å². The van der Waals surface area contributed by atoms with Crippen molar-refractivity contribution in [2.45, 2.75) is 33.4 Å². The molecule has 0 saturated heterocycles. The number of fused-ring (bicyclic) bond motifs is 1. The highest BCUT2D eigenvalue weighted by molar-refractivity contribution is 5.98. The summed E-state index contributed by atoms with van der Waals surface area (Å²) in [5, 5.41) is 1.19. The summed E-state index contributed by atoms with van der Waals surface area (Å²) in [5.41, 5.74) is 4.30. The first kappa shape index (κ1) is 15.8. The molecule has 0 bridgehead atoms. The molecule has 4 rings (SSSR count). The zero-order valence-corrected chi connectivity index (χ0v) is 15.0. The minimum atomic E-state index is -0.0518. The van der Waals surface area contributed by atoms with Gasteiger partial charge in [0.2, 0.25) is 0 Å². The average Bonchev–Trinajstić information content (AvgIpc) is 3.22. The smallest absolute Gasteiger partial charge is 0.250 e. The number of benzene rings is 1. The van der Waals surface area contributed by atoms with E-state index in [0.717, 1.165) is 22.7 Å². The van der Waals surface area contributed by atoms with Crippen LogP contribution in [0.5, 0.6) is 0 Å². The van der Waals surface area contributed by atoms with E-state index in [9.17, 15) is 4.79 Å². The highest BCUT2D eigenvalue weighted by atomic mass is 16.3. The van der Waals surface area contributed by atoms with Crippen molar-refractivity contribution < 1.29 is 9.21 Å². The van der Waals surface area contributed by atoms with Crippen molar-refractivity contribution in [2.24, 2.45) is 7.05 Å². The topological polar surface area (TPSA) is 38.4 Å². The molecular weight excluding hydrogens is 312 g/mol. The van der Waals surface area contributed by atoms with Crippen molar-refractivity contribution in [3.05, 3.63) is 70.8 Å². The first-order valence-corrected chi connectivity index (χ1v) is 8.55. The molecule has 1 aliphatic rings. The zero-order chi connectivity index (χ0) is 17.7. The van der Waals surface area contributed by atoms with E-state index in [-0.39, 0.29) is 11.9 Å². The van der Waals surface area contributed by atoms with Crippen LogP contribution in [0.1, 0.15) is 37.0 Å². The van der Waals surface area contributed by atoms with Gasteiger partial charge in [-0.3, -0.25) is 4.79 Å². The first-order valence-electron chi connectivity index (χ1n) is 8.55. The van der Waals surface area contributed by atoms with Gasteiger partial charge in [-0.1, -0.05) is 18.2 Å². The Bertz CT molecular complexity index is 1010. The van der Waals surface area contributed by atoms with Crippen LogP contribution in [0.15, 0.2) is 58.2 Å². The number of rotatable bonds is 3. The summed E-state index contributed by atoms with van der Waals surface area (Å²) in [4.78, 5) is 14.8. The Morgan fingerprint density at radius 1 is 1.08 bits per heavy atom. The minimum absolute atomic E-state index is 0.0518. The summed E-state index contributed by atoms with van der Waals surface area (Å²) in [6, 6.07) is 12.2. The third kappa shape index (κ3) is 2.40. The van der Waals surface area contributed by atoms with Crippen LogP contribution in [0.25, 0.3) is 10.9 Å². The standard InChI is InChI=1S/C21H22N2O2/c1-13-9-10-16(25-13)11-23-20(14(2)15(3)21(23)24)18-12-22(4)19-8-6-5-7-17(18)19/h5-10,12,20H,11H2,1-4H3. The summed E-state index contributed by atoms with van der Waals surface area (Å²) in [7, 11) is 2.05. The number of hydrogen-bond acceptors (Lipinski definition) is 2. The van der Waals surface area contributed by atoms with Gasteiger partial charge in [-0.2, -0.15) is 0 Å². The predicted molar refractivity (Wildman–Crippen MR) is 98.0 cm³/mol. The van der Waals surface area contributed by atoms with Gasteiger partial charge in [0.1, 0.15) is 11.5 Å². The van der Waals surface area contributed by atoms with Crippen LogP contribution in [0.4, 0.5) is 0 Å². The van der Waals surface area contributed by atoms with Crippen LogP contribution in [0, 0.1) is 6.92 Å². The van der Waals surface area contributed by atoms with Gasteiger partial charge in [0, 0.05) is 35.3 Å². The summed E-state index contributed by atoms with van der Waals surface area (Å²) in [6.45, 7) is 6.39. The molecule has 3 aromatic rings. The number of aromatic nitrogens is 1. The number of nitrogens with zero attached hydrogens (tertiary/aromatic N) is 2. The number of aryl methyl sites for hydroxylation is 2. The van der Waals surface area contributed by atoms with Gasteiger partial charge >= 0.3 is 0 Å². The largest absolute Gasteiger partial charge is 0.464 e. The van der Waals surface area contributed by atoms with Crippen molar-refractivity contribution in [3.63, 3.8) is 0 Å². The molecule has 1 aliphatic heterocycles. The monoisotopic (exact) mass is 334 g/mol. The molecule has 0 fully saturated rings. The van der Waals surface area contributed by atoms with Gasteiger partial charge in [-0.05, 0) is 44.5 Å². The summed E-state index contributed by atoms with van der Waals surface area (Å²) in [5.74, 6) is 1.77. The molecule has 0 aliphatic carbocycles. The molecule has 2 aromatic heterocycles. The maximum Gasteiger partial charge on any atom is 0.250 e. The predicted octanol–water partition coefficient (Wildman–Crippen LogP) is 4.50. The van der Waals surface area contributed by atoms with Crippen molar-refractivity contribution in [3.8, 4) is 0 Å². The lowest BCUT2D eigenvalue weighted by molar-refractivity contribution is -0.128. The molecule has 1 unspecified atom stereocenters. The molecule has 1 atom stereocenters. The molecule has 0 saturated carbocycles. The van der Waals surface area contributed by atoms with Crippen molar-refractivity contribution in [1.82, 2.24) is 9.47 Å². The van der Waals surface area contributed by atoms with Gasteiger partial charge in [0.05, 0.1) is 12.6 Å². The van der Waals surface area contributed by atoms with Gasteiger partial charge in [0.25, 0.3) is 5.91 Å². The van der Waals surface area contributed by atoms with Crippen molar-refractivity contribution in [2.75, 3.05) is 0 Å². The number of amides is 1. The SMILES string of the molecule is CC1=C(C)C(c2cn(C)c3ccccc23)N(Cc2ccc(C)o2)C1=O. The van der Waals surface area contributed by atoms with E-state index in [1.54, 1.807) is 0 Å². The van der Waals surface area contributed by atoms with Crippen LogP contribution in [-0.4, -0.2) is 15.4 Å². The molecule has 4 heteroatoms. The lowest BCUT2D eigenvalue weighted by atomic mass is 9.98. The Morgan fingerprint density at radius 2 is 1.84 bits per heavy atom. The van der Waals surface area contributed by atoms with E-state index in [0.29, 0.717) is 6.54 Å². The number of carbonyl (C=O) groups is 1. The molecule has 1 amide bonds. The van der Waals surface area contributed by atoms with Gasteiger partial charge < -0.3 is 13.9 Å². The second-order valence-corrected chi connectivity index (χ2v) is 6.87. The second-order valence-electron chi connectivity index (χ2n) is 6.87. The van der Waals surface area contributed by atoms with Crippen LogP contribution in [-0.2, 0) is 18.4 Å². The molecule has 4 nitrogen and oxygen atoms in total. The molecule has 0 radical (unpaired) electrons. The highest BCUT2D eigenvalue weighted by Crippen LogP contribution is 2.41.